The van der Waals surface area contributed by atoms with Gasteiger partial charge in [-0.2, -0.15) is 0 Å². The van der Waals surface area contributed by atoms with Gasteiger partial charge in [-0.1, -0.05) is 0 Å². The predicted molar refractivity (Wildman–Crippen MR) is 0 cm³/mol. The normalized spacial score (nSPS) is 0. The van der Waals surface area contributed by atoms with E-state index in [1.165, 1.54) is 0 Å². The summed E-state index contributed by atoms with van der Waals surface area (Å²) in [5.74, 6) is 0. The van der Waals surface area contributed by atoms with Crippen molar-refractivity contribution in [2.45, 2.75) is 0 Å². The Balaban J connectivity index is 0. The molecule has 0 nitrogen and oxygen atoms in total. The van der Waals surface area contributed by atoms with Gasteiger partial charge in [0, 0.05) is 22.4 Å². The first-order valence-electron chi connectivity index (χ1n) is 0. The topological polar surface area (TPSA) is 0 Å². The molecule has 0 amide bonds. The van der Waals surface area contributed by atoms with Gasteiger partial charge in [-0.3, -0.25) is 0 Å². The zero-order valence-corrected chi connectivity index (χ0v) is 7.00. The van der Waals surface area contributed by atoms with Crippen molar-refractivity contribution in [3.63, 3.8) is 0 Å². The summed E-state index contributed by atoms with van der Waals surface area (Å²) in [7, 11) is 0. The first-order valence-corrected chi connectivity index (χ1v) is 0. The van der Waals surface area contributed by atoms with Crippen molar-refractivity contribution in [3.8, 4) is 0 Å². The van der Waals surface area contributed by atoms with Crippen molar-refractivity contribution < 1.29 is 72.0 Å². The summed E-state index contributed by atoms with van der Waals surface area (Å²) in [6, 6.07) is 0. The molecule has 0 atom stereocenters. The maximum Gasteiger partial charge on any atom is 0 e. The van der Waals surface area contributed by atoms with E-state index in [2.05, 4.69) is 0 Å². The van der Waals surface area contributed by atoms with Crippen molar-refractivity contribution >= 4 is 0 Å². The van der Waals surface area contributed by atoms with Gasteiger partial charge in [0.2, 0.25) is 0 Å². The number of halogens is 4. The van der Waals surface area contributed by atoms with E-state index in [0.29, 0.717) is 0 Å². The van der Waals surface area contributed by atoms with Crippen LogP contribution in [0.4, 0.5) is 0 Å². The molecule has 0 aromatic heterocycles. The Kier molecular flexibility index (Phi) is 522. The molecule has 0 aliphatic heterocycles. The molecular formula is AuCl4-4. The molecule has 0 aromatic carbocycles. The van der Waals surface area contributed by atoms with Crippen LogP contribution >= 0.6 is 0 Å². The Morgan fingerprint density at radius 2 is 0.400 bits per heavy atom. The summed E-state index contributed by atoms with van der Waals surface area (Å²) in [5.41, 5.74) is 0. The molecule has 0 aromatic rings. The molecule has 0 saturated heterocycles. The molecular weight excluding hydrogens is 339 g/mol. The molecule has 0 bridgehead atoms. The average Bonchev–Trinajstić information content (AvgIpc) is 0. The van der Waals surface area contributed by atoms with E-state index in [-0.39, 0.29) is 72.0 Å². The maximum absolute atomic E-state index is 0. The van der Waals surface area contributed by atoms with E-state index >= 15 is 0 Å². The van der Waals surface area contributed by atoms with Crippen LogP contribution in [0, 0.1) is 0 Å². The molecule has 43 valence electrons. The van der Waals surface area contributed by atoms with E-state index in [1.807, 2.05) is 0 Å². The van der Waals surface area contributed by atoms with E-state index < -0.39 is 0 Å². The fraction of sp³-hybridized carbons (Fsp3) is 0. The minimum atomic E-state index is 0. The van der Waals surface area contributed by atoms with Crippen LogP contribution in [-0.2, 0) is 22.4 Å². The van der Waals surface area contributed by atoms with Crippen molar-refractivity contribution in [1.29, 1.82) is 0 Å². The van der Waals surface area contributed by atoms with Crippen LogP contribution in [0.5, 0.6) is 0 Å². The van der Waals surface area contributed by atoms with Crippen LogP contribution in [0.3, 0.4) is 0 Å². The number of rotatable bonds is 0. The van der Waals surface area contributed by atoms with Crippen molar-refractivity contribution in [2.75, 3.05) is 0 Å². The summed E-state index contributed by atoms with van der Waals surface area (Å²) in [5, 5.41) is 0. The zero-order chi connectivity index (χ0) is 0. The minimum Gasteiger partial charge on any atom is -1.00 e. The van der Waals surface area contributed by atoms with E-state index in [4.69, 9.17) is 0 Å². The Labute approximate surface area is 71.6 Å². The van der Waals surface area contributed by atoms with Crippen molar-refractivity contribution in [2.24, 2.45) is 0 Å². The summed E-state index contributed by atoms with van der Waals surface area (Å²) in [4.78, 5) is 0. The van der Waals surface area contributed by atoms with Gasteiger partial charge in [-0.05, 0) is 0 Å². The zero-order valence-electron chi connectivity index (χ0n) is 1.81. The van der Waals surface area contributed by atoms with Gasteiger partial charge in [-0.15, -0.1) is 0 Å². The van der Waals surface area contributed by atoms with E-state index in [9.17, 15) is 0 Å². The van der Waals surface area contributed by atoms with E-state index in [0.717, 1.165) is 0 Å². The summed E-state index contributed by atoms with van der Waals surface area (Å²) in [6.45, 7) is 0. The van der Waals surface area contributed by atoms with Gasteiger partial charge in [0.1, 0.15) is 0 Å². The molecule has 0 heterocycles. The van der Waals surface area contributed by atoms with Crippen LogP contribution in [0.25, 0.3) is 0 Å². The molecule has 5 heteroatoms. The standard InChI is InChI=1S/Au.4ClH/h;4*1H/p-4. The van der Waals surface area contributed by atoms with Crippen LogP contribution in [0.1, 0.15) is 0 Å². The largest absolute Gasteiger partial charge is 1.00 e. The molecule has 0 N–H and O–H groups in total. The number of hydrogen-bond acceptors (Lipinski definition) is 0. The molecule has 0 rings (SSSR count). The molecule has 0 saturated carbocycles. The van der Waals surface area contributed by atoms with Gasteiger partial charge in [-0.25, -0.2) is 0 Å². The second-order valence-corrected chi connectivity index (χ2v) is 0. The summed E-state index contributed by atoms with van der Waals surface area (Å²) < 4.78 is 0. The van der Waals surface area contributed by atoms with Gasteiger partial charge in [0.25, 0.3) is 0 Å². The van der Waals surface area contributed by atoms with E-state index in [1.54, 1.807) is 0 Å². The summed E-state index contributed by atoms with van der Waals surface area (Å²) in [6.07, 6.45) is 0. The monoisotopic (exact) mass is 337 g/mol. The second kappa shape index (κ2) is 39.2. The Hall–Kier alpha value is 1.90. The Morgan fingerprint density at radius 3 is 0.400 bits per heavy atom. The fourth-order valence-electron chi connectivity index (χ4n) is 0. The summed E-state index contributed by atoms with van der Waals surface area (Å²) >= 11 is 0. The van der Waals surface area contributed by atoms with Crippen LogP contribution < -0.4 is 49.6 Å². The van der Waals surface area contributed by atoms with Crippen LogP contribution in [0.15, 0.2) is 0 Å². The maximum atomic E-state index is 0. The third-order valence-electron chi connectivity index (χ3n) is 0. The average molecular weight is 339 g/mol. The van der Waals surface area contributed by atoms with Crippen LogP contribution in [0.2, 0.25) is 0 Å². The Bertz CT molecular complexity index is 3.61. The molecule has 0 fully saturated rings. The van der Waals surface area contributed by atoms with Gasteiger partial charge < -0.3 is 49.6 Å². The Morgan fingerprint density at radius 1 is 0.400 bits per heavy atom. The fourth-order valence-corrected chi connectivity index (χ4v) is 0. The molecule has 0 aliphatic carbocycles. The molecule has 0 unspecified atom stereocenters. The van der Waals surface area contributed by atoms with Gasteiger partial charge in [0.15, 0.2) is 0 Å². The SMILES string of the molecule is [Au].[Cl-].[Cl-].[Cl-].[Cl-]. The van der Waals surface area contributed by atoms with Gasteiger partial charge >= 0.3 is 0 Å². The van der Waals surface area contributed by atoms with Crippen molar-refractivity contribution in [3.05, 3.63) is 0 Å². The quantitative estimate of drug-likeness (QED) is 0.385. The first kappa shape index (κ1) is 66.5. The minimum absolute atomic E-state index is 0. The van der Waals surface area contributed by atoms with Gasteiger partial charge in [0.05, 0.1) is 0 Å². The predicted octanol–water partition coefficient (Wildman–Crippen LogP) is -12.0. The van der Waals surface area contributed by atoms with Crippen LogP contribution in [-0.4, -0.2) is 0 Å². The molecule has 5 heavy (non-hydrogen) atoms. The van der Waals surface area contributed by atoms with Crippen molar-refractivity contribution in [1.82, 2.24) is 0 Å². The first-order chi connectivity index (χ1) is 0. The third-order valence-corrected chi connectivity index (χ3v) is 0. The third kappa shape index (κ3) is 24.9. The second-order valence-electron chi connectivity index (χ2n) is 0. The number of hydrogen-bond donors (Lipinski definition) is 0. The molecule has 1 radical (unpaired) electrons. The smallest absolute Gasteiger partial charge is 0 e. The molecule has 0 aliphatic rings. The molecule has 0 spiro atoms.